The van der Waals surface area contributed by atoms with Crippen LogP contribution in [0.25, 0.3) is 0 Å². The maximum Gasteiger partial charge on any atom is 0.139 e. The Labute approximate surface area is 181 Å². The van der Waals surface area contributed by atoms with E-state index in [0.717, 1.165) is 62.8 Å². The molecule has 29 heavy (non-hydrogen) atoms. The van der Waals surface area contributed by atoms with Crippen molar-refractivity contribution in [3.63, 3.8) is 0 Å². The summed E-state index contributed by atoms with van der Waals surface area (Å²) in [4.78, 5) is 18.0. The Hall–Kier alpha value is -0.910. The Bertz CT molecular complexity index is 710. The molecule has 0 aromatic heterocycles. The lowest BCUT2D eigenvalue weighted by Crippen LogP contribution is -2.63. The van der Waals surface area contributed by atoms with Gasteiger partial charge in [-0.3, -0.25) is 4.79 Å². The highest BCUT2D eigenvalue weighted by Gasteiger charge is 2.65. The Morgan fingerprint density at radius 3 is 2.72 bits per heavy atom. The molecule has 4 aliphatic rings. The topological polar surface area (TPSA) is 70.9 Å². The number of carbonyl (C=O) groups excluding carboxylic acids is 1. The van der Waals surface area contributed by atoms with Crippen LogP contribution in [0.4, 0.5) is 0 Å². The molecule has 0 amide bonds. The molecule has 0 radical (unpaired) electrons. The molecule has 0 saturated heterocycles. The van der Waals surface area contributed by atoms with Crippen LogP contribution >= 0.6 is 12.4 Å². The molecule has 4 saturated carbocycles. The number of rotatable bonds is 4. The van der Waals surface area contributed by atoms with Crippen molar-refractivity contribution in [2.45, 2.75) is 70.8 Å². The standard InChI is InChI=1S/C23H36N2O3.ClH/c1-15-13-17-18-5-6-20(26)21(18,2)9-8-19(17)22(3)10-7-16(14-23(15,22)27)25-28-12-11-24-4;/h17-19,24,27H,1,5-14H2,2-4H3;1H/t17-,18-,19-,21-,22+,23-;/m0./s1. The van der Waals surface area contributed by atoms with Gasteiger partial charge in [0, 0.05) is 30.2 Å². The Morgan fingerprint density at radius 2 is 2.00 bits per heavy atom. The first-order valence-electron chi connectivity index (χ1n) is 11.0. The summed E-state index contributed by atoms with van der Waals surface area (Å²) in [7, 11) is 1.89. The van der Waals surface area contributed by atoms with E-state index >= 15 is 0 Å². The molecule has 0 unspecified atom stereocenters. The highest BCUT2D eigenvalue weighted by atomic mass is 35.5. The van der Waals surface area contributed by atoms with Crippen LogP contribution in [-0.4, -0.2) is 42.4 Å². The summed E-state index contributed by atoms with van der Waals surface area (Å²) in [6.45, 7) is 10.1. The van der Waals surface area contributed by atoms with Gasteiger partial charge in [-0.15, -0.1) is 12.4 Å². The van der Waals surface area contributed by atoms with E-state index in [-0.39, 0.29) is 23.2 Å². The van der Waals surface area contributed by atoms with Gasteiger partial charge in [-0.25, -0.2) is 0 Å². The van der Waals surface area contributed by atoms with Gasteiger partial charge in [0.15, 0.2) is 0 Å². The van der Waals surface area contributed by atoms with Crippen LogP contribution in [0.2, 0.25) is 0 Å². The van der Waals surface area contributed by atoms with Gasteiger partial charge >= 0.3 is 0 Å². The average molecular weight is 425 g/mol. The minimum Gasteiger partial charge on any atom is -0.394 e. The molecule has 5 nitrogen and oxygen atoms in total. The lowest BCUT2D eigenvalue weighted by Gasteiger charge is -2.63. The van der Waals surface area contributed by atoms with Gasteiger partial charge in [-0.1, -0.05) is 25.6 Å². The molecule has 6 heteroatoms. The van der Waals surface area contributed by atoms with Crippen LogP contribution in [0.3, 0.4) is 0 Å². The van der Waals surface area contributed by atoms with Gasteiger partial charge in [0.1, 0.15) is 12.4 Å². The summed E-state index contributed by atoms with van der Waals surface area (Å²) in [5, 5.41) is 19.2. The number of halogens is 1. The van der Waals surface area contributed by atoms with Crippen molar-refractivity contribution < 1.29 is 14.7 Å². The van der Waals surface area contributed by atoms with Gasteiger partial charge < -0.3 is 15.3 Å². The second kappa shape index (κ2) is 7.97. The normalized spacial score (nSPS) is 45.2. The summed E-state index contributed by atoms with van der Waals surface area (Å²) >= 11 is 0. The summed E-state index contributed by atoms with van der Waals surface area (Å²) < 4.78 is 0. The van der Waals surface area contributed by atoms with Crippen LogP contribution in [0.15, 0.2) is 17.3 Å². The third-order valence-electron chi connectivity index (χ3n) is 9.01. The molecule has 0 aromatic rings. The van der Waals surface area contributed by atoms with Crippen molar-refractivity contribution in [3.8, 4) is 0 Å². The zero-order chi connectivity index (χ0) is 20.2. The number of nitrogens with zero attached hydrogens (tertiary/aromatic N) is 1. The summed E-state index contributed by atoms with van der Waals surface area (Å²) in [5.41, 5.74) is 0.656. The van der Waals surface area contributed by atoms with Crippen molar-refractivity contribution in [3.05, 3.63) is 12.2 Å². The molecule has 2 N–H and O–H groups in total. The molecule has 4 rings (SSSR count). The van der Waals surface area contributed by atoms with E-state index in [9.17, 15) is 9.90 Å². The van der Waals surface area contributed by atoms with Crippen LogP contribution in [0.1, 0.15) is 65.2 Å². The molecular formula is C23H37ClN2O3. The number of fused-ring (bicyclic) bond motifs is 5. The number of likely N-dealkylation sites (N-methyl/N-ethyl adjacent to an activating group) is 1. The van der Waals surface area contributed by atoms with Crippen LogP contribution in [-0.2, 0) is 9.63 Å². The second-order valence-corrected chi connectivity index (χ2v) is 10.2. The summed E-state index contributed by atoms with van der Waals surface area (Å²) in [6.07, 6.45) is 6.93. The number of Topliss-reactive ketones (excluding diaryl/α,β-unsaturated/α-hetero) is 1. The van der Waals surface area contributed by atoms with E-state index in [1.165, 1.54) is 0 Å². The number of hydrogen-bond acceptors (Lipinski definition) is 5. The third kappa shape index (κ3) is 3.28. The Kier molecular flexibility index (Phi) is 6.26. The van der Waals surface area contributed by atoms with Crippen LogP contribution in [0, 0.1) is 28.6 Å². The number of carbonyl (C=O) groups is 1. The number of hydrogen-bond donors (Lipinski definition) is 2. The summed E-state index contributed by atoms with van der Waals surface area (Å²) in [5.74, 6) is 1.85. The predicted octanol–water partition coefficient (Wildman–Crippen LogP) is 3.89. The third-order valence-corrected chi connectivity index (χ3v) is 9.01. The van der Waals surface area contributed by atoms with Crippen molar-refractivity contribution in [1.29, 1.82) is 0 Å². The molecule has 4 aliphatic carbocycles. The highest BCUT2D eigenvalue weighted by molar-refractivity contribution is 5.88. The number of aliphatic hydroxyl groups is 1. The maximum absolute atomic E-state index is 12.6. The van der Waals surface area contributed by atoms with E-state index in [4.69, 9.17) is 4.84 Å². The van der Waals surface area contributed by atoms with Crippen LogP contribution in [0.5, 0.6) is 0 Å². The number of nitrogens with one attached hydrogen (secondary N) is 1. The lowest BCUT2D eigenvalue weighted by atomic mass is 9.43. The van der Waals surface area contributed by atoms with Gasteiger partial charge in [0.25, 0.3) is 0 Å². The SMILES string of the molecule is C=C1C[C@H]2[C@@H]3CCC(=O)[C@@]3(C)CC[C@@H]2[C@@]2(C)CCC(=NOCCNC)C[C@]12O.Cl. The summed E-state index contributed by atoms with van der Waals surface area (Å²) in [6, 6.07) is 0. The monoisotopic (exact) mass is 424 g/mol. The molecule has 0 bridgehead atoms. The van der Waals surface area contributed by atoms with Crippen molar-refractivity contribution >= 4 is 23.9 Å². The van der Waals surface area contributed by atoms with E-state index < -0.39 is 5.60 Å². The minimum absolute atomic E-state index is 0. The van der Waals surface area contributed by atoms with E-state index in [0.29, 0.717) is 36.6 Å². The second-order valence-electron chi connectivity index (χ2n) is 10.2. The molecule has 0 heterocycles. The minimum atomic E-state index is -0.909. The molecule has 0 aromatic carbocycles. The van der Waals surface area contributed by atoms with Crippen molar-refractivity contribution in [2.24, 2.45) is 33.7 Å². The number of ketones is 1. The van der Waals surface area contributed by atoms with E-state index in [2.05, 4.69) is 30.9 Å². The van der Waals surface area contributed by atoms with Gasteiger partial charge in [0.2, 0.25) is 0 Å². The molecule has 164 valence electrons. The fourth-order valence-corrected chi connectivity index (χ4v) is 7.17. The Balaban J connectivity index is 0.00000240. The van der Waals surface area contributed by atoms with Gasteiger partial charge in [-0.05, 0) is 68.9 Å². The van der Waals surface area contributed by atoms with Crippen LogP contribution < -0.4 is 5.32 Å². The van der Waals surface area contributed by atoms with Crippen molar-refractivity contribution in [2.75, 3.05) is 20.2 Å². The molecule has 0 aliphatic heterocycles. The Morgan fingerprint density at radius 1 is 1.24 bits per heavy atom. The maximum atomic E-state index is 12.6. The first-order chi connectivity index (χ1) is 13.3. The predicted molar refractivity (Wildman–Crippen MR) is 117 cm³/mol. The molecule has 6 atom stereocenters. The van der Waals surface area contributed by atoms with E-state index in [1.54, 1.807) is 0 Å². The first kappa shape index (κ1) is 22.8. The highest BCUT2D eigenvalue weighted by Crippen LogP contribution is 2.67. The fourth-order valence-electron chi connectivity index (χ4n) is 7.17. The smallest absolute Gasteiger partial charge is 0.139 e. The molecule has 0 spiro atoms. The number of oxime groups is 1. The van der Waals surface area contributed by atoms with Gasteiger partial charge in [0.05, 0.1) is 11.3 Å². The quantitative estimate of drug-likeness (QED) is 0.408. The molecular weight excluding hydrogens is 388 g/mol. The zero-order valence-electron chi connectivity index (χ0n) is 18.1. The fraction of sp³-hybridized carbons (Fsp3) is 0.826. The average Bonchev–Trinajstić information content (AvgIpc) is 2.96. The first-order valence-corrected chi connectivity index (χ1v) is 11.0. The lowest BCUT2D eigenvalue weighted by molar-refractivity contribution is -0.161. The van der Waals surface area contributed by atoms with Gasteiger partial charge in [-0.2, -0.15) is 0 Å². The van der Waals surface area contributed by atoms with Crippen molar-refractivity contribution in [1.82, 2.24) is 5.32 Å². The van der Waals surface area contributed by atoms with E-state index in [1.807, 2.05) is 7.05 Å². The molecule has 4 fully saturated rings. The largest absolute Gasteiger partial charge is 0.394 e. The zero-order valence-corrected chi connectivity index (χ0v) is 18.9.